The zero-order chi connectivity index (χ0) is 13.5. The number of ketones is 1. The lowest BCUT2D eigenvalue weighted by Gasteiger charge is -2.25. The first-order valence-corrected chi connectivity index (χ1v) is 6.82. The van der Waals surface area contributed by atoms with Gasteiger partial charge in [-0.25, -0.2) is 0 Å². The Morgan fingerprint density at radius 1 is 1.25 bits per heavy atom. The Hall–Kier alpha value is -1.16. The first-order valence-electron chi connectivity index (χ1n) is 6.82. The molecule has 1 saturated heterocycles. The van der Waals surface area contributed by atoms with E-state index in [0.29, 0.717) is 6.42 Å². The smallest absolute Gasteiger partial charge is 0.156 e. The summed E-state index contributed by atoms with van der Waals surface area (Å²) in [5.41, 5.74) is 2.31. The molecular formula is C16H22ClNO2. The average Bonchev–Trinajstić information content (AvgIpc) is 2.45. The van der Waals surface area contributed by atoms with Gasteiger partial charge in [0.15, 0.2) is 5.78 Å². The molecule has 0 unspecified atom stereocenters. The Kier molecular flexibility index (Phi) is 7.52. The quantitative estimate of drug-likeness (QED) is 0.782. The second-order valence-corrected chi connectivity index (χ2v) is 4.91. The van der Waals surface area contributed by atoms with Gasteiger partial charge in [-0.1, -0.05) is 35.9 Å². The second-order valence-electron chi connectivity index (χ2n) is 4.91. The molecule has 1 aromatic rings. The third kappa shape index (κ3) is 5.87. The van der Waals surface area contributed by atoms with Crippen molar-refractivity contribution in [3.05, 3.63) is 41.5 Å². The van der Waals surface area contributed by atoms with Gasteiger partial charge in [0.05, 0.1) is 13.2 Å². The van der Waals surface area contributed by atoms with Crippen LogP contribution in [0.2, 0.25) is 0 Å². The number of carbonyl (C=O) groups is 1. The summed E-state index contributed by atoms with van der Waals surface area (Å²) in [7, 11) is 0. The van der Waals surface area contributed by atoms with E-state index in [1.807, 2.05) is 18.2 Å². The Bertz CT molecular complexity index is 436. The van der Waals surface area contributed by atoms with Crippen LogP contribution in [0.15, 0.2) is 30.3 Å². The molecule has 0 spiro atoms. The molecule has 4 heteroatoms. The molecule has 3 nitrogen and oxygen atoms in total. The summed E-state index contributed by atoms with van der Waals surface area (Å²) < 4.78 is 5.28. The summed E-state index contributed by atoms with van der Waals surface area (Å²) in [6, 6.07) is 8.16. The molecule has 1 fully saturated rings. The summed E-state index contributed by atoms with van der Waals surface area (Å²) in [5.74, 6) is 0.187. The summed E-state index contributed by atoms with van der Waals surface area (Å²) in [6.07, 6.45) is 4.16. The van der Waals surface area contributed by atoms with Crippen LogP contribution in [0.3, 0.4) is 0 Å². The molecule has 0 saturated carbocycles. The van der Waals surface area contributed by atoms with Crippen molar-refractivity contribution in [2.45, 2.75) is 13.3 Å². The molecule has 0 amide bonds. The first-order chi connectivity index (χ1) is 9.24. The van der Waals surface area contributed by atoms with Crippen LogP contribution in [0.1, 0.15) is 17.5 Å². The number of halogens is 1. The minimum atomic E-state index is 0. The number of hydrogen-bond acceptors (Lipinski definition) is 3. The zero-order valence-electron chi connectivity index (χ0n) is 11.9. The normalized spacial score (nSPS) is 16.1. The zero-order valence-corrected chi connectivity index (χ0v) is 12.7. The molecule has 20 heavy (non-hydrogen) atoms. The largest absolute Gasteiger partial charge is 0.379 e. The highest BCUT2D eigenvalue weighted by atomic mass is 35.5. The van der Waals surface area contributed by atoms with Gasteiger partial charge in [0.1, 0.15) is 0 Å². The van der Waals surface area contributed by atoms with Crippen molar-refractivity contribution in [3.8, 4) is 0 Å². The van der Waals surface area contributed by atoms with E-state index in [1.54, 1.807) is 6.08 Å². The fourth-order valence-electron chi connectivity index (χ4n) is 2.04. The van der Waals surface area contributed by atoms with Crippen molar-refractivity contribution < 1.29 is 9.53 Å². The molecule has 1 aromatic carbocycles. The number of aryl methyl sites for hydroxylation is 1. The topological polar surface area (TPSA) is 29.5 Å². The predicted molar refractivity (Wildman–Crippen MR) is 84.3 cm³/mol. The molecule has 0 bridgehead atoms. The number of morpholine rings is 1. The molecule has 1 heterocycles. The maximum Gasteiger partial charge on any atom is 0.156 e. The minimum absolute atomic E-state index is 0. The van der Waals surface area contributed by atoms with Gasteiger partial charge in [0, 0.05) is 26.1 Å². The standard InChI is InChI=1S/C16H21NO2.ClH/c1-14-2-4-15(5-3-14)6-7-16(18)8-9-17-10-12-19-13-11-17;/h2-7H,8-13H2,1H3;1H/b7-6+;. The third-order valence-corrected chi connectivity index (χ3v) is 3.32. The SMILES string of the molecule is Cc1ccc(/C=C/C(=O)CCN2CCOCC2)cc1.Cl. The highest BCUT2D eigenvalue weighted by molar-refractivity contribution is 5.93. The van der Waals surface area contributed by atoms with Crippen molar-refractivity contribution in [2.75, 3.05) is 32.8 Å². The highest BCUT2D eigenvalue weighted by Crippen LogP contribution is 2.06. The molecule has 0 aromatic heterocycles. The van der Waals surface area contributed by atoms with Gasteiger partial charge in [-0.2, -0.15) is 0 Å². The number of allylic oxidation sites excluding steroid dienone is 1. The molecule has 0 aliphatic carbocycles. The number of carbonyl (C=O) groups excluding carboxylic acids is 1. The maximum atomic E-state index is 11.8. The second kappa shape index (κ2) is 8.90. The van der Waals surface area contributed by atoms with E-state index in [4.69, 9.17) is 4.74 Å². The fraction of sp³-hybridized carbons (Fsp3) is 0.438. The Balaban J connectivity index is 0.00000200. The lowest BCUT2D eigenvalue weighted by atomic mass is 10.1. The number of hydrogen-bond donors (Lipinski definition) is 0. The summed E-state index contributed by atoms with van der Waals surface area (Å²) in [5, 5.41) is 0. The van der Waals surface area contributed by atoms with Crippen LogP contribution in [0.5, 0.6) is 0 Å². The van der Waals surface area contributed by atoms with Crippen LogP contribution in [0.25, 0.3) is 6.08 Å². The van der Waals surface area contributed by atoms with Crippen molar-refractivity contribution >= 4 is 24.3 Å². The lowest BCUT2D eigenvalue weighted by Crippen LogP contribution is -2.37. The molecular weight excluding hydrogens is 274 g/mol. The van der Waals surface area contributed by atoms with Gasteiger partial charge in [0.2, 0.25) is 0 Å². The van der Waals surface area contributed by atoms with Crippen molar-refractivity contribution in [3.63, 3.8) is 0 Å². The van der Waals surface area contributed by atoms with Crippen LogP contribution in [0, 0.1) is 6.92 Å². The molecule has 0 radical (unpaired) electrons. The number of ether oxygens (including phenoxy) is 1. The molecule has 0 atom stereocenters. The summed E-state index contributed by atoms with van der Waals surface area (Å²) >= 11 is 0. The first kappa shape index (κ1) is 16.9. The van der Waals surface area contributed by atoms with Gasteiger partial charge in [0.25, 0.3) is 0 Å². The Labute approximate surface area is 127 Å². The molecule has 110 valence electrons. The van der Waals surface area contributed by atoms with Crippen molar-refractivity contribution in [1.29, 1.82) is 0 Å². The van der Waals surface area contributed by atoms with E-state index in [0.717, 1.165) is 38.4 Å². The fourth-order valence-corrected chi connectivity index (χ4v) is 2.04. The van der Waals surface area contributed by atoms with Gasteiger partial charge < -0.3 is 4.74 Å². The van der Waals surface area contributed by atoms with E-state index >= 15 is 0 Å². The molecule has 1 aliphatic heterocycles. The summed E-state index contributed by atoms with van der Waals surface area (Å²) in [6.45, 7) is 6.34. The molecule has 0 N–H and O–H groups in total. The van der Waals surface area contributed by atoms with Crippen LogP contribution in [0.4, 0.5) is 0 Å². The van der Waals surface area contributed by atoms with Gasteiger partial charge in [-0.15, -0.1) is 12.4 Å². The van der Waals surface area contributed by atoms with E-state index in [9.17, 15) is 4.79 Å². The van der Waals surface area contributed by atoms with E-state index in [-0.39, 0.29) is 18.2 Å². The van der Waals surface area contributed by atoms with E-state index in [1.165, 1.54) is 5.56 Å². The Morgan fingerprint density at radius 3 is 2.55 bits per heavy atom. The van der Waals surface area contributed by atoms with Crippen molar-refractivity contribution in [2.24, 2.45) is 0 Å². The van der Waals surface area contributed by atoms with Gasteiger partial charge in [-0.3, -0.25) is 9.69 Å². The van der Waals surface area contributed by atoms with E-state index < -0.39 is 0 Å². The molecule has 1 aliphatic rings. The minimum Gasteiger partial charge on any atom is -0.379 e. The molecule has 2 rings (SSSR count). The lowest BCUT2D eigenvalue weighted by molar-refractivity contribution is -0.115. The maximum absolute atomic E-state index is 11.8. The van der Waals surface area contributed by atoms with Crippen molar-refractivity contribution in [1.82, 2.24) is 4.90 Å². The van der Waals surface area contributed by atoms with E-state index in [2.05, 4.69) is 24.0 Å². The average molecular weight is 296 g/mol. The number of nitrogens with zero attached hydrogens (tertiary/aromatic N) is 1. The van der Waals surface area contributed by atoms with Crippen LogP contribution in [-0.4, -0.2) is 43.5 Å². The predicted octanol–water partition coefficient (Wildman–Crippen LogP) is 2.72. The number of benzene rings is 1. The monoisotopic (exact) mass is 295 g/mol. The van der Waals surface area contributed by atoms with Gasteiger partial charge in [-0.05, 0) is 18.6 Å². The Morgan fingerprint density at radius 2 is 1.90 bits per heavy atom. The highest BCUT2D eigenvalue weighted by Gasteiger charge is 2.10. The number of rotatable bonds is 5. The summed E-state index contributed by atoms with van der Waals surface area (Å²) in [4.78, 5) is 14.1. The van der Waals surface area contributed by atoms with Gasteiger partial charge >= 0.3 is 0 Å². The third-order valence-electron chi connectivity index (χ3n) is 3.32. The van der Waals surface area contributed by atoms with Crippen LogP contribution >= 0.6 is 12.4 Å². The van der Waals surface area contributed by atoms with Crippen LogP contribution in [-0.2, 0) is 9.53 Å². The van der Waals surface area contributed by atoms with Crippen LogP contribution < -0.4 is 0 Å².